The maximum absolute atomic E-state index is 12.4. The first-order valence-electron chi connectivity index (χ1n) is 10.2. The summed E-state index contributed by atoms with van der Waals surface area (Å²) in [5.74, 6) is 2.72. The Hall–Kier alpha value is -0.370. The third-order valence-corrected chi connectivity index (χ3v) is 8.31. The lowest BCUT2D eigenvalue weighted by Crippen LogP contribution is -2.57. The number of fused-ring (bicyclic) bond motifs is 5. The second-order valence-electron chi connectivity index (χ2n) is 8.96. The van der Waals surface area contributed by atoms with Crippen molar-refractivity contribution in [2.24, 2.45) is 34.5 Å². The van der Waals surface area contributed by atoms with Crippen molar-refractivity contribution in [2.75, 3.05) is 0 Å². The third-order valence-electron chi connectivity index (χ3n) is 8.31. The number of Topliss-reactive ketones (excluding diaryl/α,β-unsaturated/α-hetero) is 1. The number of ketones is 1. The molecule has 2 nitrogen and oxygen atoms in total. The molecule has 0 aromatic rings. The SMILES string of the molecule is CC.C[C@]12CCCCC1C[C@H](O)C1C2CC[C@]2(C)C(=O)CCC12. The summed E-state index contributed by atoms with van der Waals surface area (Å²) in [6.07, 6.45) is 10.3. The van der Waals surface area contributed by atoms with E-state index in [1.165, 1.54) is 32.1 Å². The molecule has 0 heterocycles. The number of hydrogen-bond acceptors (Lipinski definition) is 2. The van der Waals surface area contributed by atoms with Crippen molar-refractivity contribution in [3.8, 4) is 0 Å². The van der Waals surface area contributed by atoms with Crippen LogP contribution in [0.5, 0.6) is 0 Å². The highest BCUT2D eigenvalue weighted by molar-refractivity contribution is 5.87. The summed E-state index contributed by atoms with van der Waals surface area (Å²) in [6.45, 7) is 8.71. The summed E-state index contributed by atoms with van der Waals surface area (Å²) >= 11 is 0. The van der Waals surface area contributed by atoms with Crippen molar-refractivity contribution >= 4 is 5.78 Å². The zero-order valence-corrected chi connectivity index (χ0v) is 15.6. The molecule has 23 heavy (non-hydrogen) atoms. The fraction of sp³-hybridized carbons (Fsp3) is 0.952. The van der Waals surface area contributed by atoms with Gasteiger partial charge in [0.25, 0.3) is 0 Å². The average Bonchev–Trinajstić information content (AvgIpc) is 2.86. The minimum Gasteiger partial charge on any atom is -0.393 e. The molecule has 0 aromatic heterocycles. The number of carbonyl (C=O) groups is 1. The molecule has 0 amide bonds. The van der Waals surface area contributed by atoms with E-state index in [1.54, 1.807) is 0 Å². The lowest BCUT2D eigenvalue weighted by molar-refractivity contribution is -0.163. The molecular weight excluding hydrogens is 284 g/mol. The number of carbonyl (C=O) groups excluding carboxylic acids is 1. The fourth-order valence-corrected chi connectivity index (χ4v) is 7.03. The van der Waals surface area contributed by atoms with Gasteiger partial charge in [-0.05, 0) is 67.6 Å². The van der Waals surface area contributed by atoms with E-state index < -0.39 is 0 Å². The third kappa shape index (κ3) is 2.42. The monoisotopic (exact) mass is 320 g/mol. The summed E-state index contributed by atoms with van der Waals surface area (Å²) in [6, 6.07) is 0. The van der Waals surface area contributed by atoms with E-state index in [9.17, 15) is 9.90 Å². The summed E-state index contributed by atoms with van der Waals surface area (Å²) in [5.41, 5.74) is 0.328. The minimum absolute atomic E-state index is 0.111. The Morgan fingerprint density at radius 1 is 1.00 bits per heavy atom. The highest BCUT2D eigenvalue weighted by Gasteiger charge is 2.61. The first-order valence-corrected chi connectivity index (χ1v) is 10.2. The van der Waals surface area contributed by atoms with Gasteiger partial charge < -0.3 is 5.11 Å². The van der Waals surface area contributed by atoms with E-state index >= 15 is 0 Å². The largest absolute Gasteiger partial charge is 0.393 e. The van der Waals surface area contributed by atoms with Gasteiger partial charge in [0.15, 0.2) is 0 Å². The molecule has 0 radical (unpaired) electrons. The molecule has 4 aliphatic rings. The van der Waals surface area contributed by atoms with Gasteiger partial charge >= 0.3 is 0 Å². The van der Waals surface area contributed by atoms with Crippen LogP contribution in [-0.4, -0.2) is 17.0 Å². The Labute approximate surface area is 142 Å². The molecule has 4 rings (SSSR count). The molecule has 2 heteroatoms. The smallest absolute Gasteiger partial charge is 0.139 e. The van der Waals surface area contributed by atoms with Crippen molar-refractivity contribution < 1.29 is 9.90 Å². The molecule has 1 N–H and O–H groups in total. The zero-order chi connectivity index (χ0) is 16.8. The van der Waals surface area contributed by atoms with Crippen LogP contribution >= 0.6 is 0 Å². The van der Waals surface area contributed by atoms with Crippen molar-refractivity contribution in [3.63, 3.8) is 0 Å². The number of aliphatic hydroxyl groups excluding tert-OH is 1. The van der Waals surface area contributed by atoms with Crippen molar-refractivity contribution in [1.82, 2.24) is 0 Å². The molecule has 4 unspecified atom stereocenters. The van der Waals surface area contributed by atoms with Crippen LogP contribution in [0.25, 0.3) is 0 Å². The minimum atomic E-state index is -0.151. The van der Waals surface area contributed by atoms with Gasteiger partial charge in [0.2, 0.25) is 0 Å². The van der Waals surface area contributed by atoms with Gasteiger partial charge in [-0.3, -0.25) is 4.79 Å². The number of hydrogen-bond donors (Lipinski definition) is 1. The molecule has 4 saturated carbocycles. The van der Waals surface area contributed by atoms with E-state index in [4.69, 9.17) is 0 Å². The molecule has 4 fully saturated rings. The van der Waals surface area contributed by atoms with Gasteiger partial charge in [0.1, 0.15) is 5.78 Å². The second kappa shape index (κ2) is 6.17. The Kier molecular flexibility index (Phi) is 4.68. The predicted molar refractivity (Wildman–Crippen MR) is 94.1 cm³/mol. The summed E-state index contributed by atoms with van der Waals surface area (Å²) < 4.78 is 0. The number of aliphatic hydroxyl groups is 1. The normalized spacial score (nSPS) is 51.9. The topological polar surface area (TPSA) is 37.3 Å². The molecule has 4 aliphatic carbocycles. The second-order valence-corrected chi connectivity index (χ2v) is 8.96. The quantitative estimate of drug-likeness (QED) is 0.683. The lowest BCUT2D eigenvalue weighted by atomic mass is 9.44. The predicted octanol–water partition coefficient (Wildman–Crippen LogP) is 4.99. The van der Waals surface area contributed by atoms with E-state index in [1.807, 2.05) is 13.8 Å². The van der Waals surface area contributed by atoms with Crippen LogP contribution in [-0.2, 0) is 4.79 Å². The lowest BCUT2D eigenvalue weighted by Gasteiger charge is -2.61. The van der Waals surface area contributed by atoms with Gasteiger partial charge in [0.05, 0.1) is 6.10 Å². The summed E-state index contributed by atoms with van der Waals surface area (Å²) in [5, 5.41) is 10.9. The van der Waals surface area contributed by atoms with E-state index in [0.717, 1.165) is 31.6 Å². The molecule has 0 spiro atoms. The number of rotatable bonds is 0. The van der Waals surface area contributed by atoms with E-state index in [-0.39, 0.29) is 11.5 Å². The molecule has 0 bridgehead atoms. The first-order chi connectivity index (χ1) is 11.0. The maximum atomic E-state index is 12.4. The molecule has 0 saturated heterocycles. The van der Waals surface area contributed by atoms with Crippen LogP contribution in [0.15, 0.2) is 0 Å². The highest BCUT2D eigenvalue weighted by Crippen LogP contribution is 2.65. The van der Waals surface area contributed by atoms with Gasteiger partial charge in [-0.1, -0.05) is 40.5 Å². The Morgan fingerprint density at radius 3 is 2.48 bits per heavy atom. The van der Waals surface area contributed by atoms with Gasteiger partial charge in [-0.25, -0.2) is 0 Å². The van der Waals surface area contributed by atoms with Crippen LogP contribution in [0, 0.1) is 34.5 Å². The summed E-state index contributed by atoms with van der Waals surface area (Å²) in [4.78, 5) is 12.4. The summed E-state index contributed by atoms with van der Waals surface area (Å²) in [7, 11) is 0. The Morgan fingerprint density at radius 2 is 1.74 bits per heavy atom. The van der Waals surface area contributed by atoms with E-state index in [2.05, 4.69) is 13.8 Å². The molecule has 0 aromatic carbocycles. The Bertz CT molecular complexity index is 459. The fourth-order valence-electron chi connectivity index (χ4n) is 7.03. The Balaban J connectivity index is 0.000000753. The molecule has 7 atom stereocenters. The standard InChI is InChI=1S/C19H30O2.C2H6/c1-18-9-4-3-5-12(18)11-15(20)17-13-6-7-16(21)19(13,2)10-8-14(17)18;1-2/h12-15,17,20H,3-11H2,1-2H3;1-2H3/t12?,13?,14?,15-,17?,18-,19-;/m0./s1. The molecule has 132 valence electrons. The van der Waals surface area contributed by atoms with Gasteiger partial charge in [-0.15, -0.1) is 0 Å². The van der Waals surface area contributed by atoms with Crippen LogP contribution in [0.3, 0.4) is 0 Å². The van der Waals surface area contributed by atoms with Crippen molar-refractivity contribution in [3.05, 3.63) is 0 Å². The van der Waals surface area contributed by atoms with Crippen LogP contribution in [0.4, 0.5) is 0 Å². The molecular formula is C21H36O2. The molecule has 0 aliphatic heterocycles. The van der Waals surface area contributed by atoms with Crippen LogP contribution in [0.1, 0.15) is 85.5 Å². The highest BCUT2D eigenvalue weighted by atomic mass is 16.3. The van der Waals surface area contributed by atoms with Gasteiger partial charge in [0, 0.05) is 11.8 Å². The zero-order valence-electron chi connectivity index (χ0n) is 15.6. The van der Waals surface area contributed by atoms with Crippen LogP contribution in [0.2, 0.25) is 0 Å². The van der Waals surface area contributed by atoms with E-state index in [0.29, 0.717) is 29.0 Å². The van der Waals surface area contributed by atoms with Crippen molar-refractivity contribution in [2.45, 2.75) is 91.6 Å². The average molecular weight is 321 g/mol. The van der Waals surface area contributed by atoms with Crippen LogP contribution < -0.4 is 0 Å². The maximum Gasteiger partial charge on any atom is 0.139 e. The first kappa shape index (κ1) is 17.5. The van der Waals surface area contributed by atoms with Gasteiger partial charge in [-0.2, -0.15) is 0 Å². The van der Waals surface area contributed by atoms with Crippen molar-refractivity contribution in [1.29, 1.82) is 0 Å².